The molecule has 1 aliphatic carbocycles. The molecule has 2 aromatic rings. The first-order chi connectivity index (χ1) is 11.3. The second kappa shape index (κ2) is 7.77. The van der Waals surface area contributed by atoms with Crippen molar-refractivity contribution in [3.63, 3.8) is 0 Å². The van der Waals surface area contributed by atoms with Crippen molar-refractivity contribution >= 4 is 11.7 Å². The molecule has 0 atom stereocenters. The van der Waals surface area contributed by atoms with Crippen molar-refractivity contribution in [3.05, 3.63) is 48.8 Å². The second-order valence-electron chi connectivity index (χ2n) is 6.15. The van der Waals surface area contributed by atoms with Gasteiger partial charge in [0.05, 0.1) is 0 Å². The van der Waals surface area contributed by atoms with Gasteiger partial charge in [0.15, 0.2) is 0 Å². The van der Waals surface area contributed by atoms with Gasteiger partial charge < -0.3 is 10.6 Å². The first kappa shape index (κ1) is 15.5. The molecule has 0 spiro atoms. The summed E-state index contributed by atoms with van der Waals surface area (Å²) < 4.78 is 0. The number of nitrogens with zero attached hydrogens (tertiary/aromatic N) is 1. The average molecular weight is 309 g/mol. The average Bonchev–Trinajstić information content (AvgIpc) is 2.62. The highest BCUT2D eigenvalue weighted by Crippen LogP contribution is 2.23. The number of rotatable bonds is 4. The van der Waals surface area contributed by atoms with E-state index in [0.29, 0.717) is 5.92 Å². The molecule has 3 rings (SSSR count). The van der Waals surface area contributed by atoms with Gasteiger partial charge >= 0.3 is 6.03 Å². The van der Waals surface area contributed by atoms with E-state index >= 15 is 0 Å². The normalized spacial score (nSPS) is 15.1. The molecule has 2 N–H and O–H groups in total. The lowest BCUT2D eigenvalue weighted by Gasteiger charge is -2.21. The maximum absolute atomic E-state index is 12.0. The van der Waals surface area contributed by atoms with Crippen molar-refractivity contribution in [3.8, 4) is 11.1 Å². The van der Waals surface area contributed by atoms with E-state index in [4.69, 9.17) is 0 Å². The van der Waals surface area contributed by atoms with E-state index in [2.05, 4.69) is 15.6 Å². The molecular formula is C19H23N3O. The van der Waals surface area contributed by atoms with Crippen LogP contribution in [0, 0.1) is 5.92 Å². The summed E-state index contributed by atoms with van der Waals surface area (Å²) in [5.41, 5.74) is 3.04. The molecular weight excluding hydrogens is 286 g/mol. The van der Waals surface area contributed by atoms with Gasteiger partial charge in [0.1, 0.15) is 0 Å². The van der Waals surface area contributed by atoms with Gasteiger partial charge in [-0.1, -0.05) is 31.4 Å². The molecule has 23 heavy (non-hydrogen) atoms. The Hall–Kier alpha value is -2.36. The molecule has 1 saturated carbocycles. The molecule has 1 aromatic carbocycles. The van der Waals surface area contributed by atoms with Gasteiger partial charge in [-0.05, 0) is 54.2 Å². The van der Waals surface area contributed by atoms with E-state index in [1.54, 1.807) is 12.4 Å². The largest absolute Gasteiger partial charge is 0.338 e. The number of aromatic nitrogens is 1. The summed E-state index contributed by atoms with van der Waals surface area (Å²) in [5.74, 6) is 0.642. The third-order valence-electron chi connectivity index (χ3n) is 4.43. The molecule has 1 aromatic heterocycles. The molecule has 1 fully saturated rings. The van der Waals surface area contributed by atoms with Crippen LogP contribution in [0.25, 0.3) is 11.1 Å². The minimum absolute atomic E-state index is 0.118. The van der Waals surface area contributed by atoms with Crippen LogP contribution in [0.4, 0.5) is 10.5 Å². The van der Waals surface area contributed by atoms with Gasteiger partial charge in [-0.25, -0.2) is 4.79 Å². The van der Waals surface area contributed by atoms with Crippen LogP contribution in [0.2, 0.25) is 0 Å². The molecule has 0 saturated heterocycles. The topological polar surface area (TPSA) is 54.0 Å². The first-order valence-corrected chi connectivity index (χ1v) is 8.36. The summed E-state index contributed by atoms with van der Waals surface area (Å²) in [6, 6.07) is 11.7. The lowest BCUT2D eigenvalue weighted by molar-refractivity contribution is 0.247. The summed E-state index contributed by atoms with van der Waals surface area (Å²) in [7, 11) is 0. The zero-order valence-corrected chi connectivity index (χ0v) is 13.3. The summed E-state index contributed by atoms with van der Waals surface area (Å²) >= 11 is 0. The molecule has 0 aliphatic heterocycles. The molecule has 0 bridgehead atoms. The first-order valence-electron chi connectivity index (χ1n) is 8.36. The Morgan fingerprint density at radius 1 is 0.957 bits per heavy atom. The number of hydrogen-bond donors (Lipinski definition) is 2. The molecule has 4 heteroatoms. The summed E-state index contributed by atoms with van der Waals surface area (Å²) in [6.07, 6.45) is 9.96. The van der Waals surface area contributed by atoms with Crippen LogP contribution in [-0.2, 0) is 0 Å². The van der Waals surface area contributed by atoms with Crippen LogP contribution in [-0.4, -0.2) is 17.6 Å². The maximum Gasteiger partial charge on any atom is 0.319 e. The quantitative estimate of drug-likeness (QED) is 0.876. The third-order valence-corrected chi connectivity index (χ3v) is 4.43. The van der Waals surface area contributed by atoms with Crippen molar-refractivity contribution in [2.75, 3.05) is 11.9 Å². The van der Waals surface area contributed by atoms with E-state index in [-0.39, 0.29) is 6.03 Å². The second-order valence-corrected chi connectivity index (χ2v) is 6.15. The number of carbonyl (C=O) groups is 1. The molecule has 4 nitrogen and oxygen atoms in total. The van der Waals surface area contributed by atoms with Crippen LogP contribution in [0.5, 0.6) is 0 Å². The standard InChI is InChI=1S/C19H23N3O/c23-19(21-14-15-4-2-1-3-5-15)22-18-8-6-16(7-9-18)17-10-12-20-13-11-17/h6-13,15H,1-5,14H2,(H2,21,22,23). The molecule has 0 radical (unpaired) electrons. The van der Waals surface area contributed by atoms with Crippen molar-refractivity contribution < 1.29 is 4.79 Å². The SMILES string of the molecule is O=C(NCC1CCCCC1)Nc1ccc(-c2ccncc2)cc1. The Morgan fingerprint density at radius 2 is 1.61 bits per heavy atom. The smallest absolute Gasteiger partial charge is 0.319 e. The zero-order valence-electron chi connectivity index (χ0n) is 13.3. The lowest BCUT2D eigenvalue weighted by Crippen LogP contribution is -2.33. The van der Waals surface area contributed by atoms with Gasteiger partial charge in [0.25, 0.3) is 0 Å². The number of pyridine rings is 1. The highest BCUT2D eigenvalue weighted by Gasteiger charge is 2.14. The fraction of sp³-hybridized carbons (Fsp3) is 0.368. The van der Waals surface area contributed by atoms with Crippen molar-refractivity contribution in [2.45, 2.75) is 32.1 Å². The van der Waals surface area contributed by atoms with E-state index in [0.717, 1.165) is 23.4 Å². The predicted molar refractivity (Wildman–Crippen MR) is 93.3 cm³/mol. The Balaban J connectivity index is 1.50. The number of nitrogens with one attached hydrogen (secondary N) is 2. The van der Waals surface area contributed by atoms with Crippen LogP contribution in [0.15, 0.2) is 48.8 Å². The molecule has 0 unspecified atom stereocenters. The van der Waals surface area contributed by atoms with Gasteiger partial charge in [-0.2, -0.15) is 0 Å². The van der Waals surface area contributed by atoms with Crippen LogP contribution in [0.3, 0.4) is 0 Å². The number of amides is 2. The number of benzene rings is 1. The summed E-state index contributed by atoms with van der Waals surface area (Å²) in [4.78, 5) is 16.0. The van der Waals surface area contributed by atoms with E-state index < -0.39 is 0 Å². The Morgan fingerprint density at radius 3 is 2.30 bits per heavy atom. The Kier molecular flexibility index (Phi) is 5.25. The lowest BCUT2D eigenvalue weighted by atomic mass is 9.89. The minimum atomic E-state index is -0.118. The third kappa shape index (κ3) is 4.55. The molecule has 1 aliphatic rings. The van der Waals surface area contributed by atoms with Gasteiger partial charge in [0.2, 0.25) is 0 Å². The van der Waals surface area contributed by atoms with Gasteiger partial charge in [-0.3, -0.25) is 4.98 Å². The minimum Gasteiger partial charge on any atom is -0.338 e. The Labute approximate surface area is 137 Å². The number of carbonyl (C=O) groups excluding carboxylic acids is 1. The number of urea groups is 1. The summed E-state index contributed by atoms with van der Waals surface area (Å²) in [6.45, 7) is 0.779. The predicted octanol–water partition coefficient (Wildman–Crippen LogP) is 4.45. The molecule has 2 amide bonds. The molecule has 120 valence electrons. The highest BCUT2D eigenvalue weighted by molar-refractivity contribution is 5.89. The van der Waals surface area contributed by atoms with E-state index in [1.807, 2.05) is 36.4 Å². The van der Waals surface area contributed by atoms with Crippen LogP contribution >= 0.6 is 0 Å². The fourth-order valence-corrected chi connectivity index (χ4v) is 3.09. The van der Waals surface area contributed by atoms with Crippen molar-refractivity contribution in [2.24, 2.45) is 5.92 Å². The number of hydrogen-bond acceptors (Lipinski definition) is 2. The summed E-state index contributed by atoms with van der Waals surface area (Å²) in [5, 5.41) is 5.89. The van der Waals surface area contributed by atoms with Crippen LogP contribution in [0.1, 0.15) is 32.1 Å². The van der Waals surface area contributed by atoms with E-state index in [1.165, 1.54) is 32.1 Å². The molecule has 1 heterocycles. The highest BCUT2D eigenvalue weighted by atomic mass is 16.2. The van der Waals surface area contributed by atoms with Gasteiger partial charge in [-0.15, -0.1) is 0 Å². The Bertz CT molecular complexity index is 619. The van der Waals surface area contributed by atoms with Gasteiger partial charge in [0, 0.05) is 24.6 Å². The monoisotopic (exact) mass is 309 g/mol. The maximum atomic E-state index is 12.0. The van der Waals surface area contributed by atoms with Crippen molar-refractivity contribution in [1.82, 2.24) is 10.3 Å². The van der Waals surface area contributed by atoms with Crippen molar-refractivity contribution in [1.29, 1.82) is 0 Å². The fourth-order valence-electron chi connectivity index (χ4n) is 3.09. The van der Waals surface area contributed by atoms with E-state index in [9.17, 15) is 4.79 Å². The number of anilines is 1. The van der Waals surface area contributed by atoms with Crippen LogP contribution < -0.4 is 10.6 Å². The zero-order chi connectivity index (χ0) is 15.9.